The number of benzene rings is 2. The molecule has 2 aromatic carbocycles. The van der Waals surface area contributed by atoms with Gasteiger partial charge < -0.3 is 5.11 Å². The Morgan fingerprint density at radius 3 is 2.70 bits per heavy atom. The molecule has 0 heterocycles. The van der Waals surface area contributed by atoms with Crippen LogP contribution in [0.4, 0.5) is 4.39 Å². The van der Waals surface area contributed by atoms with Crippen molar-refractivity contribution in [3.05, 3.63) is 57.8 Å². The highest BCUT2D eigenvalue weighted by Gasteiger charge is 2.14. The monoisotopic (exact) mass is 354 g/mol. The standard InChI is InChI=1S/C15H12BrFO2S/c1-9(18)12-7-11(17)6-10(15(12)19)8-20-14-5-3-2-4-13(14)16/h2-7,19H,8H2,1H3. The predicted molar refractivity (Wildman–Crippen MR) is 81.8 cm³/mol. The van der Waals surface area contributed by atoms with Crippen LogP contribution in [0.5, 0.6) is 5.75 Å². The number of carbonyl (C=O) groups is 1. The fourth-order valence-electron chi connectivity index (χ4n) is 1.75. The minimum atomic E-state index is -0.518. The number of phenolic OH excluding ortho intramolecular Hbond substituents is 1. The molecule has 5 heteroatoms. The molecule has 2 nitrogen and oxygen atoms in total. The number of hydrogen-bond donors (Lipinski definition) is 1. The molecule has 1 N–H and O–H groups in total. The number of hydrogen-bond acceptors (Lipinski definition) is 3. The predicted octanol–water partition coefficient (Wildman–Crippen LogP) is 4.79. The van der Waals surface area contributed by atoms with Crippen LogP contribution in [0.2, 0.25) is 0 Å². The highest BCUT2D eigenvalue weighted by molar-refractivity contribution is 9.10. The van der Waals surface area contributed by atoms with Crippen molar-refractivity contribution in [3.63, 3.8) is 0 Å². The summed E-state index contributed by atoms with van der Waals surface area (Å²) in [5, 5.41) is 10.0. The molecule has 0 unspecified atom stereocenters. The Balaban J connectivity index is 2.26. The lowest BCUT2D eigenvalue weighted by Gasteiger charge is -2.09. The van der Waals surface area contributed by atoms with E-state index in [0.29, 0.717) is 11.3 Å². The number of phenols is 1. The quantitative estimate of drug-likeness (QED) is 0.633. The van der Waals surface area contributed by atoms with E-state index in [-0.39, 0.29) is 17.1 Å². The van der Waals surface area contributed by atoms with Crippen molar-refractivity contribution in [1.29, 1.82) is 0 Å². The molecule has 0 saturated heterocycles. The maximum absolute atomic E-state index is 13.5. The van der Waals surface area contributed by atoms with Crippen molar-refractivity contribution in [2.45, 2.75) is 17.6 Å². The summed E-state index contributed by atoms with van der Waals surface area (Å²) in [7, 11) is 0. The molecule has 0 saturated carbocycles. The molecular formula is C15H12BrFO2S. The van der Waals surface area contributed by atoms with E-state index < -0.39 is 5.82 Å². The number of rotatable bonds is 4. The smallest absolute Gasteiger partial charge is 0.163 e. The van der Waals surface area contributed by atoms with Gasteiger partial charge in [-0.1, -0.05) is 12.1 Å². The van der Waals surface area contributed by atoms with Crippen LogP contribution in [0.3, 0.4) is 0 Å². The lowest BCUT2D eigenvalue weighted by Crippen LogP contribution is -1.97. The number of aromatic hydroxyl groups is 1. The van der Waals surface area contributed by atoms with Crippen LogP contribution in [0.25, 0.3) is 0 Å². The lowest BCUT2D eigenvalue weighted by molar-refractivity contribution is 0.101. The van der Waals surface area contributed by atoms with Gasteiger partial charge in [-0.2, -0.15) is 0 Å². The molecular weight excluding hydrogens is 343 g/mol. The van der Waals surface area contributed by atoms with Gasteiger partial charge in [0.05, 0.1) is 5.56 Å². The molecule has 0 atom stereocenters. The summed E-state index contributed by atoms with van der Waals surface area (Å²) in [5.41, 5.74) is 0.434. The Morgan fingerprint density at radius 2 is 2.05 bits per heavy atom. The van der Waals surface area contributed by atoms with Gasteiger partial charge >= 0.3 is 0 Å². The summed E-state index contributed by atoms with van der Waals surface area (Å²) >= 11 is 4.89. The van der Waals surface area contributed by atoms with Gasteiger partial charge in [-0.05, 0) is 47.1 Å². The third-order valence-electron chi connectivity index (χ3n) is 2.75. The fourth-order valence-corrected chi connectivity index (χ4v) is 3.29. The summed E-state index contributed by atoms with van der Waals surface area (Å²) < 4.78 is 14.4. The zero-order valence-electron chi connectivity index (χ0n) is 10.7. The molecule has 0 fully saturated rings. The number of thioether (sulfide) groups is 1. The van der Waals surface area contributed by atoms with E-state index in [1.54, 1.807) is 0 Å². The molecule has 104 valence electrons. The minimum Gasteiger partial charge on any atom is -0.507 e. The summed E-state index contributed by atoms with van der Waals surface area (Å²) in [4.78, 5) is 12.3. The topological polar surface area (TPSA) is 37.3 Å². The average molecular weight is 355 g/mol. The molecule has 0 spiro atoms. The van der Waals surface area contributed by atoms with E-state index in [1.807, 2.05) is 24.3 Å². The van der Waals surface area contributed by atoms with Crippen LogP contribution >= 0.6 is 27.7 Å². The molecule has 2 rings (SSSR count). The normalized spacial score (nSPS) is 10.6. The number of Topliss-reactive ketones (excluding diaryl/α,β-unsaturated/α-hetero) is 1. The Labute approximate surface area is 129 Å². The van der Waals surface area contributed by atoms with Crippen molar-refractivity contribution in [3.8, 4) is 5.75 Å². The first kappa shape index (κ1) is 15.1. The van der Waals surface area contributed by atoms with E-state index >= 15 is 0 Å². The van der Waals surface area contributed by atoms with Gasteiger partial charge in [0.2, 0.25) is 0 Å². The Hall–Kier alpha value is -1.33. The molecule has 2 aromatic rings. The molecule has 0 aromatic heterocycles. The van der Waals surface area contributed by atoms with E-state index in [4.69, 9.17) is 0 Å². The highest BCUT2D eigenvalue weighted by atomic mass is 79.9. The minimum absolute atomic E-state index is 0.0210. The second kappa shape index (κ2) is 6.41. The van der Waals surface area contributed by atoms with Crippen molar-refractivity contribution in [1.82, 2.24) is 0 Å². The van der Waals surface area contributed by atoms with E-state index in [2.05, 4.69) is 15.9 Å². The van der Waals surface area contributed by atoms with Gasteiger partial charge in [-0.25, -0.2) is 4.39 Å². The van der Waals surface area contributed by atoms with Gasteiger partial charge in [0, 0.05) is 20.7 Å². The molecule has 0 bridgehead atoms. The van der Waals surface area contributed by atoms with Crippen LogP contribution in [0.1, 0.15) is 22.8 Å². The van der Waals surface area contributed by atoms with Crippen molar-refractivity contribution in [2.75, 3.05) is 0 Å². The van der Waals surface area contributed by atoms with Gasteiger partial charge in [0.15, 0.2) is 5.78 Å². The molecule has 0 amide bonds. The van der Waals surface area contributed by atoms with Crippen LogP contribution in [-0.4, -0.2) is 10.9 Å². The van der Waals surface area contributed by atoms with Crippen LogP contribution < -0.4 is 0 Å². The lowest BCUT2D eigenvalue weighted by atomic mass is 10.1. The Morgan fingerprint density at radius 1 is 1.35 bits per heavy atom. The van der Waals surface area contributed by atoms with Gasteiger partial charge in [-0.3, -0.25) is 4.79 Å². The summed E-state index contributed by atoms with van der Waals surface area (Å²) in [5.74, 6) is -0.629. The highest BCUT2D eigenvalue weighted by Crippen LogP contribution is 2.34. The maximum Gasteiger partial charge on any atom is 0.163 e. The third-order valence-corrected chi connectivity index (χ3v) is 4.83. The molecule has 20 heavy (non-hydrogen) atoms. The number of ketones is 1. The van der Waals surface area contributed by atoms with Crippen LogP contribution in [-0.2, 0) is 5.75 Å². The Bertz CT molecular complexity index is 658. The first-order chi connectivity index (χ1) is 9.49. The van der Waals surface area contributed by atoms with E-state index in [0.717, 1.165) is 15.4 Å². The second-order valence-electron chi connectivity index (χ2n) is 4.24. The first-order valence-corrected chi connectivity index (χ1v) is 7.66. The van der Waals surface area contributed by atoms with Crippen molar-refractivity contribution >= 4 is 33.5 Å². The largest absolute Gasteiger partial charge is 0.507 e. The molecule has 0 aliphatic heterocycles. The van der Waals surface area contributed by atoms with Gasteiger partial charge in [0.1, 0.15) is 11.6 Å². The van der Waals surface area contributed by atoms with Crippen molar-refractivity contribution in [2.24, 2.45) is 0 Å². The summed E-state index contributed by atoms with van der Waals surface area (Å²) in [6.07, 6.45) is 0. The summed E-state index contributed by atoms with van der Waals surface area (Å²) in [6.45, 7) is 1.30. The average Bonchev–Trinajstić information content (AvgIpc) is 2.40. The fraction of sp³-hybridized carbons (Fsp3) is 0.133. The van der Waals surface area contributed by atoms with E-state index in [1.165, 1.54) is 24.8 Å². The third kappa shape index (κ3) is 3.41. The van der Waals surface area contributed by atoms with Crippen LogP contribution in [0, 0.1) is 5.82 Å². The SMILES string of the molecule is CC(=O)c1cc(F)cc(CSc2ccccc2Br)c1O. The zero-order chi connectivity index (χ0) is 14.7. The summed E-state index contributed by atoms with van der Waals surface area (Å²) in [6, 6.07) is 9.96. The molecule has 0 aliphatic rings. The first-order valence-electron chi connectivity index (χ1n) is 5.88. The molecule has 0 radical (unpaired) electrons. The van der Waals surface area contributed by atoms with E-state index in [9.17, 15) is 14.3 Å². The Kier molecular flexibility index (Phi) is 4.83. The zero-order valence-corrected chi connectivity index (χ0v) is 13.1. The number of halogens is 2. The number of carbonyl (C=O) groups excluding carboxylic acids is 1. The van der Waals surface area contributed by atoms with Crippen LogP contribution in [0.15, 0.2) is 45.8 Å². The molecule has 0 aliphatic carbocycles. The second-order valence-corrected chi connectivity index (χ2v) is 6.11. The van der Waals surface area contributed by atoms with Crippen molar-refractivity contribution < 1.29 is 14.3 Å². The van der Waals surface area contributed by atoms with Gasteiger partial charge in [0.25, 0.3) is 0 Å². The maximum atomic E-state index is 13.5. The van der Waals surface area contributed by atoms with Gasteiger partial charge in [-0.15, -0.1) is 11.8 Å².